The van der Waals surface area contributed by atoms with Crippen LogP contribution in [-0.2, 0) is 30.5 Å². The Bertz CT molecular complexity index is 932. The molecule has 2 aromatic rings. The molecule has 158 valence electrons. The van der Waals surface area contributed by atoms with Gasteiger partial charge in [-0.3, -0.25) is 19.1 Å². The van der Waals surface area contributed by atoms with Gasteiger partial charge in [0.25, 0.3) is 0 Å². The van der Waals surface area contributed by atoms with Gasteiger partial charge in [0.2, 0.25) is 5.91 Å². The Morgan fingerprint density at radius 3 is 2.52 bits per heavy atom. The van der Waals surface area contributed by atoms with Gasteiger partial charge in [0.05, 0.1) is 40.2 Å². The van der Waals surface area contributed by atoms with E-state index in [1.54, 1.807) is 12.3 Å². The van der Waals surface area contributed by atoms with Gasteiger partial charge in [0, 0.05) is 17.5 Å². The highest BCUT2D eigenvalue weighted by molar-refractivity contribution is 7.86. The lowest BCUT2D eigenvalue weighted by molar-refractivity contribution is -0.139. The molecular weight excluding hydrogens is 410 g/mol. The Hall–Kier alpha value is -2.23. The predicted molar refractivity (Wildman–Crippen MR) is 119 cm³/mol. The Kier molecular flexibility index (Phi) is 7.56. The lowest BCUT2D eigenvalue weighted by atomic mass is 9.84. The van der Waals surface area contributed by atoms with Crippen LogP contribution in [0.3, 0.4) is 0 Å². The molecule has 0 aliphatic heterocycles. The number of nitrogens with one attached hydrogen (secondary N) is 2. The fourth-order valence-corrected chi connectivity index (χ4v) is 5.37. The number of anilines is 2. The van der Waals surface area contributed by atoms with Crippen molar-refractivity contribution in [3.8, 4) is 11.1 Å². The van der Waals surface area contributed by atoms with Crippen molar-refractivity contribution in [2.75, 3.05) is 37.5 Å². The van der Waals surface area contributed by atoms with Crippen LogP contribution in [-0.4, -0.2) is 42.5 Å². The summed E-state index contributed by atoms with van der Waals surface area (Å²) in [5.74, 6) is -0.720. The summed E-state index contributed by atoms with van der Waals surface area (Å²) in [6.07, 6.45) is 1.66. The third-order valence-corrected chi connectivity index (χ3v) is 6.63. The minimum absolute atomic E-state index is 0.0217. The Labute approximate surface area is 177 Å². The molecule has 0 fully saturated rings. The molecule has 0 spiro atoms. The standard InChI is InChI=1S/C20H27N3O4S2/c1-20(2,3)17-16(18(21)28-19(17)29(5)26)12-7-6-8-13(9-12)23-14(24)10-22-11-15(25)27-4/h6-9,22H,10-11,21H2,1-5H3,(H,23,24). The summed E-state index contributed by atoms with van der Waals surface area (Å²) >= 11 is 1.34. The number of thiophene rings is 1. The lowest BCUT2D eigenvalue weighted by Crippen LogP contribution is -2.32. The van der Waals surface area contributed by atoms with E-state index in [9.17, 15) is 13.8 Å². The average molecular weight is 438 g/mol. The quantitative estimate of drug-likeness (QED) is 0.575. The fourth-order valence-electron chi connectivity index (χ4n) is 2.91. The van der Waals surface area contributed by atoms with Crippen molar-refractivity contribution in [2.24, 2.45) is 0 Å². The molecule has 1 atom stereocenters. The Balaban J connectivity index is 2.29. The van der Waals surface area contributed by atoms with Crippen LogP contribution in [0.2, 0.25) is 0 Å². The largest absolute Gasteiger partial charge is 0.468 e. The summed E-state index contributed by atoms with van der Waals surface area (Å²) in [6, 6.07) is 7.37. The molecule has 0 radical (unpaired) electrons. The number of carbonyl (C=O) groups is 2. The number of nitrogens with two attached hydrogens (primary N) is 1. The van der Waals surface area contributed by atoms with E-state index in [0.717, 1.165) is 20.9 Å². The van der Waals surface area contributed by atoms with E-state index in [4.69, 9.17) is 5.73 Å². The van der Waals surface area contributed by atoms with Crippen molar-refractivity contribution in [1.29, 1.82) is 0 Å². The molecule has 0 aliphatic carbocycles. The van der Waals surface area contributed by atoms with Crippen molar-refractivity contribution in [2.45, 2.75) is 30.4 Å². The van der Waals surface area contributed by atoms with Gasteiger partial charge in [0.15, 0.2) is 0 Å². The first-order valence-electron chi connectivity index (χ1n) is 8.98. The molecule has 0 saturated carbocycles. The molecule has 29 heavy (non-hydrogen) atoms. The summed E-state index contributed by atoms with van der Waals surface area (Å²) in [5, 5.41) is 6.12. The molecule has 9 heteroatoms. The topological polar surface area (TPSA) is 111 Å². The monoisotopic (exact) mass is 437 g/mol. The van der Waals surface area contributed by atoms with Gasteiger partial charge in [-0.1, -0.05) is 32.9 Å². The van der Waals surface area contributed by atoms with Crippen LogP contribution in [0, 0.1) is 0 Å². The molecule has 0 bridgehead atoms. The number of rotatable bonds is 7. The van der Waals surface area contributed by atoms with E-state index in [0.29, 0.717) is 10.7 Å². The van der Waals surface area contributed by atoms with Gasteiger partial charge < -0.3 is 15.8 Å². The van der Waals surface area contributed by atoms with Gasteiger partial charge in [-0.25, -0.2) is 0 Å². The van der Waals surface area contributed by atoms with Gasteiger partial charge in [-0.15, -0.1) is 11.3 Å². The molecule has 4 N–H and O–H groups in total. The number of nitrogen functional groups attached to an aromatic ring is 1. The summed E-state index contributed by atoms with van der Waals surface area (Å²) in [4.78, 5) is 23.2. The van der Waals surface area contributed by atoms with Crippen molar-refractivity contribution >= 4 is 44.7 Å². The average Bonchev–Trinajstić information content (AvgIpc) is 2.99. The summed E-state index contributed by atoms with van der Waals surface area (Å²) in [7, 11) is 0.138. The van der Waals surface area contributed by atoms with Crippen LogP contribution in [0.5, 0.6) is 0 Å². The maximum absolute atomic E-state index is 12.3. The Morgan fingerprint density at radius 2 is 1.93 bits per heavy atom. The SMILES string of the molecule is COC(=O)CNCC(=O)Nc1cccc(-c2c(N)sc(S(C)=O)c2C(C)(C)C)c1. The number of hydrogen-bond donors (Lipinski definition) is 3. The first kappa shape index (κ1) is 23.1. The molecule has 1 unspecified atom stereocenters. The highest BCUT2D eigenvalue weighted by atomic mass is 32.2. The lowest BCUT2D eigenvalue weighted by Gasteiger charge is -2.22. The predicted octanol–water partition coefficient (Wildman–Crippen LogP) is 2.73. The maximum Gasteiger partial charge on any atom is 0.319 e. The van der Waals surface area contributed by atoms with E-state index < -0.39 is 16.8 Å². The zero-order chi connectivity index (χ0) is 21.8. The van der Waals surface area contributed by atoms with E-state index in [1.807, 2.05) is 18.2 Å². The summed E-state index contributed by atoms with van der Waals surface area (Å²) < 4.78 is 17.5. The van der Waals surface area contributed by atoms with Crippen LogP contribution in [0.15, 0.2) is 28.5 Å². The summed E-state index contributed by atoms with van der Waals surface area (Å²) in [6.45, 7) is 6.13. The van der Waals surface area contributed by atoms with E-state index in [1.165, 1.54) is 18.4 Å². The number of methoxy groups -OCH3 is 1. The highest BCUT2D eigenvalue weighted by Crippen LogP contribution is 2.46. The number of esters is 1. The van der Waals surface area contributed by atoms with E-state index in [-0.39, 0.29) is 24.4 Å². The summed E-state index contributed by atoms with van der Waals surface area (Å²) in [5.41, 5.74) is 9.33. The van der Waals surface area contributed by atoms with Crippen LogP contribution in [0.25, 0.3) is 11.1 Å². The molecule has 0 aliphatic rings. The third-order valence-electron chi connectivity index (χ3n) is 4.13. The van der Waals surface area contributed by atoms with E-state index >= 15 is 0 Å². The molecule has 1 aromatic carbocycles. The number of ether oxygens (including phenoxy) is 1. The van der Waals surface area contributed by atoms with Gasteiger partial charge in [0.1, 0.15) is 0 Å². The second kappa shape index (κ2) is 9.51. The molecule has 1 aromatic heterocycles. The first-order valence-corrected chi connectivity index (χ1v) is 11.4. The number of hydrogen-bond acceptors (Lipinski definition) is 7. The molecular formula is C20H27N3O4S2. The minimum Gasteiger partial charge on any atom is -0.468 e. The second-order valence-electron chi connectivity index (χ2n) is 7.52. The van der Waals surface area contributed by atoms with Crippen molar-refractivity contribution in [3.05, 3.63) is 29.8 Å². The molecule has 1 heterocycles. The fraction of sp³-hybridized carbons (Fsp3) is 0.400. The second-order valence-corrected chi connectivity index (χ2v) is 10.1. The molecule has 0 saturated heterocycles. The number of benzene rings is 1. The van der Waals surface area contributed by atoms with Gasteiger partial charge in [-0.05, 0) is 28.7 Å². The smallest absolute Gasteiger partial charge is 0.319 e. The van der Waals surface area contributed by atoms with Gasteiger partial charge in [-0.2, -0.15) is 0 Å². The van der Waals surface area contributed by atoms with E-state index in [2.05, 4.69) is 36.1 Å². The first-order chi connectivity index (χ1) is 13.5. The Morgan fingerprint density at radius 1 is 1.24 bits per heavy atom. The van der Waals surface area contributed by atoms with Crippen molar-refractivity contribution in [3.63, 3.8) is 0 Å². The molecule has 1 amide bonds. The molecule has 7 nitrogen and oxygen atoms in total. The van der Waals surface area contributed by atoms with Gasteiger partial charge >= 0.3 is 5.97 Å². The normalized spacial score (nSPS) is 12.4. The van der Waals surface area contributed by atoms with Crippen LogP contribution >= 0.6 is 11.3 Å². The highest BCUT2D eigenvalue weighted by Gasteiger charge is 2.29. The minimum atomic E-state index is -1.15. The zero-order valence-corrected chi connectivity index (χ0v) is 18.9. The number of amides is 1. The van der Waals surface area contributed by atoms with Crippen LogP contribution in [0.1, 0.15) is 26.3 Å². The van der Waals surface area contributed by atoms with Crippen molar-refractivity contribution in [1.82, 2.24) is 5.32 Å². The van der Waals surface area contributed by atoms with Crippen LogP contribution < -0.4 is 16.4 Å². The molecule has 2 rings (SSSR count). The maximum atomic E-state index is 12.3. The number of carbonyl (C=O) groups excluding carboxylic acids is 2. The third kappa shape index (κ3) is 5.88. The van der Waals surface area contributed by atoms with Crippen LogP contribution in [0.4, 0.5) is 10.7 Å². The zero-order valence-electron chi connectivity index (χ0n) is 17.3. The van der Waals surface area contributed by atoms with Crippen molar-refractivity contribution < 1.29 is 18.5 Å².